The predicted molar refractivity (Wildman–Crippen MR) is 89.9 cm³/mol. The number of hydrogen-bond acceptors (Lipinski definition) is 2. The number of para-hydroxylation sites is 1. The average Bonchev–Trinajstić information content (AvgIpc) is 2.85. The SMILES string of the molecule is Cc1[nH]c2ccccc2c1C(=O)CSCc1ccccc1F. The molecule has 0 amide bonds. The second-order valence-corrected chi connectivity index (χ2v) is 6.16. The number of thioether (sulfide) groups is 1. The molecule has 0 aliphatic carbocycles. The van der Waals surface area contributed by atoms with E-state index in [4.69, 9.17) is 0 Å². The van der Waals surface area contributed by atoms with Crippen molar-refractivity contribution in [3.8, 4) is 0 Å². The van der Waals surface area contributed by atoms with E-state index in [1.165, 1.54) is 17.8 Å². The number of fused-ring (bicyclic) bond motifs is 1. The first kappa shape index (κ1) is 14.9. The normalized spacial score (nSPS) is 11.0. The highest BCUT2D eigenvalue weighted by atomic mass is 32.2. The molecule has 22 heavy (non-hydrogen) atoms. The number of carbonyl (C=O) groups is 1. The molecule has 1 heterocycles. The third-order valence-electron chi connectivity index (χ3n) is 3.62. The van der Waals surface area contributed by atoms with Crippen molar-refractivity contribution in [2.24, 2.45) is 0 Å². The molecule has 0 aliphatic heterocycles. The number of nitrogens with one attached hydrogen (secondary N) is 1. The Hall–Kier alpha value is -2.07. The van der Waals surface area contributed by atoms with E-state index < -0.39 is 0 Å². The number of hydrogen-bond donors (Lipinski definition) is 1. The molecule has 112 valence electrons. The summed E-state index contributed by atoms with van der Waals surface area (Å²) in [4.78, 5) is 15.7. The fourth-order valence-corrected chi connectivity index (χ4v) is 3.46. The van der Waals surface area contributed by atoms with Gasteiger partial charge in [-0.1, -0.05) is 36.4 Å². The van der Waals surface area contributed by atoms with Crippen molar-refractivity contribution in [1.82, 2.24) is 4.98 Å². The summed E-state index contributed by atoms with van der Waals surface area (Å²) in [6.45, 7) is 1.91. The number of aromatic amines is 1. The van der Waals surface area contributed by atoms with Gasteiger partial charge in [-0.05, 0) is 24.6 Å². The Morgan fingerprint density at radius 1 is 1.14 bits per heavy atom. The molecule has 0 unspecified atom stereocenters. The van der Waals surface area contributed by atoms with Crippen LogP contribution >= 0.6 is 11.8 Å². The van der Waals surface area contributed by atoms with E-state index in [1.54, 1.807) is 12.1 Å². The topological polar surface area (TPSA) is 32.9 Å². The van der Waals surface area contributed by atoms with Crippen LogP contribution in [0.5, 0.6) is 0 Å². The second-order valence-electron chi connectivity index (χ2n) is 5.18. The van der Waals surface area contributed by atoms with Gasteiger partial charge in [0.1, 0.15) is 5.82 Å². The van der Waals surface area contributed by atoms with E-state index >= 15 is 0 Å². The fourth-order valence-electron chi connectivity index (χ4n) is 2.58. The molecule has 0 atom stereocenters. The number of ketones is 1. The summed E-state index contributed by atoms with van der Waals surface area (Å²) >= 11 is 1.44. The van der Waals surface area contributed by atoms with Crippen molar-refractivity contribution >= 4 is 28.4 Å². The highest BCUT2D eigenvalue weighted by Crippen LogP contribution is 2.24. The summed E-state index contributed by atoms with van der Waals surface area (Å²) in [5.74, 6) is 0.707. The van der Waals surface area contributed by atoms with Crippen LogP contribution in [0.4, 0.5) is 4.39 Å². The number of carbonyl (C=O) groups excluding carboxylic acids is 1. The van der Waals surface area contributed by atoms with Gasteiger partial charge in [0.2, 0.25) is 0 Å². The van der Waals surface area contributed by atoms with Gasteiger partial charge >= 0.3 is 0 Å². The van der Waals surface area contributed by atoms with Crippen LogP contribution in [0.1, 0.15) is 21.6 Å². The maximum atomic E-state index is 13.6. The molecule has 2 nitrogen and oxygen atoms in total. The maximum absolute atomic E-state index is 13.6. The zero-order valence-corrected chi connectivity index (χ0v) is 13.0. The molecule has 4 heteroatoms. The molecule has 0 spiro atoms. The van der Waals surface area contributed by atoms with Gasteiger partial charge in [0.15, 0.2) is 5.78 Å². The van der Waals surface area contributed by atoms with E-state index in [0.29, 0.717) is 17.1 Å². The first-order chi connectivity index (χ1) is 10.7. The van der Waals surface area contributed by atoms with E-state index in [0.717, 1.165) is 22.2 Å². The van der Waals surface area contributed by atoms with Crippen LogP contribution in [-0.4, -0.2) is 16.5 Å². The Bertz CT molecular complexity index is 825. The van der Waals surface area contributed by atoms with E-state index in [9.17, 15) is 9.18 Å². The smallest absolute Gasteiger partial charge is 0.175 e. The third kappa shape index (κ3) is 2.92. The summed E-state index contributed by atoms with van der Waals surface area (Å²) in [5, 5.41) is 0.955. The maximum Gasteiger partial charge on any atom is 0.175 e. The number of aryl methyl sites for hydroxylation is 1. The van der Waals surface area contributed by atoms with Crippen molar-refractivity contribution in [1.29, 1.82) is 0 Å². The molecule has 0 radical (unpaired) electrons. The number of benzene rings is 2. The molecular weight excluding hydrogens is 297 g/mol. The molecule has 0 saturated heterocycles. The Morgan fingerprint density at radius 3 is 2.68 bits per heavy atom. The number of H-pyrrole nitrogens is 1. The number of rotatable bonds is 5. The summed E-state index contributed by atoms with van der Waals surface area (Å²) in [7, 11) is 0. The lowest BCUT2D eigenvalue weighted by Crippen LogP contribution is -2.04. The minimum absolute atomic E-state index is 0.0799. The zero-order valence-electron chi connectivity index (χ0n) is 12.2. The molecule has 0 fully saturated rings. The molecule has 0 bridgehead atoms. The van der Waals surface area contributed by atoms with Crippen molar-refractivity contribution in [2.75, 3.05) is 5.75 Å². The first-order valence-corrected chi connectivity index (χ1v) is 8.24. The van der Waals surface area contributed by atoms with Crippen LogP contribution in [0.15, 0.2) is 48.5 Å². The van der Waals surface area contributed by atoms with E-state index in [-0.39, 0.29) is 11.6 Å². The van der Waals surface area contributed by atoms with Crippen molar-refractivity contribution in [3.05, 3.63) is 71.2 Å². The van der Waals surface area contributed by atoms with Crippen LogP contribution in [0.3, 0.4) is 0 Å². The Kier molecular flexibility index (Phi) is 4.29. The molecule has 0 aliphatic rings. The molecule has 1 N–H and O–H groups in total. The van der Waals surface area contributed by atoms with Gasteiger partial charge in [0.25, 0.3) is 0 Å². The monoisotopic (exact) mass is 313 g/mol. The van der Waals surface area contributed by atoms with Gasteiger partial charge in [-0.2, -0.15) is 0 Å². The molecule has 3 aromatic rings. The zero-order chi connectivity index (χ0) is 15.5. The largest absolute Gasteiger partial charge is 0.358 e. The molecular formula is C18H16FNOS. The molecule has 2 aromatic carbocycles. The van der Waals surface area contributed by atoms with Gasteiger partial charge < -0.3 is 4.98 Å². The number of aromatic nitrogens is 1. The van der Waals surface area contributed by atoms with E-state index in [1.807, 2.05) is 37.3 Å². The van der Waals surface area contributed by atoms with Gasteiger partial charge in [-0.3, -0.25) is 4.79 Å². The predicted octanol–water partition coefficient (Wildman–Crippen LogP) is 4.73. The number of halogens is 1. The molecule has 0 saturated carbocycles. The Balaban J connectivity index is 1.72. The summed E-state index contributed by atoms with van der Waals surface area (Å²) in [6.07, 6.45) is 0. The Morgan fingerprint density at radius 2 is 1.86 bits per heavy atom. The quantitative estimate of drug-likeness (QED) is 0.691. The minimum atomic E-state index is -0.217. The summed E-state index contributed by atoms with van der Waals surface area (Å²) in [6, 6.07) is 14.5. The van der Waals surface area contributed by atoms with Crippen molar-refractivity contribution < 1.29 is 9.18 Å². The van der Waals surface area contributed by atoms with E-state index in [2.05, 4.69) is 4.98 Å². The lowest BCUT2D eigenvalue weighted by molar-refractivity contribution is 0.102. The lowest BCUT2D eigenvalue weighted by Gasteiger charge is -2.04. The molecule has 3 rings (SSSR count). The van der Waals surface area contributed by atoms with Crippen LogP contribution in [-0.2, 0) is 5.75 Å². The van der Waals surface area contributed by atoms with Crippen LogP contribution in [0, 0.1) is 12.7 Å². The third-order valence-corrected chi connectivity index (χ3v) is 4.60. The minimum Gasteiger partial charge on any atom is -0.358 e. The standard InChI is InChI=1S/C18H16FNOS/c1-12-18(14-7-3-5-9-16(14)20-12)17(21)11-22-10-13-6-2-4-8-15(13)19/h2-9,20H,10-11H2,1H3. The van der Waals surface area contributed by atoms with Gasteiger partial charge in [-0.15, -0.1) is 11.8 Å². The van der Waals surface area contributed by atoms with Gasteiger partial charge in [0, 0.05) is 27.9 Å². The Labute approximate surface area is 132 Å². The average molecular weight is 313 g/mol. The summed E-state index contributed by atoms with van der Waals surface area (Å²) < 4.78 is 13.6. The van der Waals surface area contributed by atoms with Crippen LogP contribution < -0.4 is 0 Å². The van der Waals surface area contributed by atoms with Crippen molar-refractivity contribution in [2.45, 2.75) is 12.7 Å². The first-order valence-electron chi connectivity index (χ1n) is 7.08. The van der Waals surface area contributed by atoms with Crippen LogP contribution in [0.2, 0.25) is 0 Å². The van der Waals surface area contributed by atoms with Gasteiger partial charge in [0.05, 0.1) is 5.75 Å². The molecule has 1 aromatic heterocycles. The second kappa shape index (κ2) is 6.36. The lowest BCUT2D eigenvalue weighted by atomic mass is 10.1. The highest BCUT2D eigenvalue weighted by Gasteiger charge is 2.15. The highest BCUT2D eigenvalue weighted by molar-refractivity contribution is 7.99. The van der Waals surface area contributed by atoms with Gasteiger partial charge in [-0.25, -0.2) is 4.39 Å². The summed E-state index contributed by atoms with van der Waals surface area (Å²) in [5.41, 5.74) is 3.24. The van der Waals surface area contributed by atoms with Crippen molar-refractivity contribution in [3.63, 3.8) is 0 Å². The fraction of sp³-hybridized carbons (Fsp3) is 0.167. The number of Topliss-reactive ketones (excluding diaryl/α,β-unsaturated/α-hetero) is 1. The van der Waals surface area contributed by atoms with Crippen LogP contribution in [0.25, 0.3) is 10.9 Å².